The lowest BCUT2D eigenvalue weighted by atomic mass is 10.1. The van der Waals surface area contributed by atoms with Crippen molar-refractivity contribution in [3.63, 3.8) is 0 Å². The van der Waals surface area contributed by atoms with Gasteiger partial charge in [-0.25, -0.2) is 18.2 Å². The van der Waals surface area contributed by atoms with Gasteiger partial charge in [-0.05, 0) is 44.2 Å². The van der Waals surface area contributed by atoms with Crippen molar-refractivity contribution in [1.82, 2.24) is 10.1 Å². The number of carbonyl (C=O) groups excluding carboxylic acids is 1. The Morgan fingerprint density at radius 3 is 2.61 bits per heavy atom. The van der Waals surface area contributed by atoms with Gasteiger partial charge in [-0.3, -0.25) is 4.79 Å². The van der Waals surface area contributed by atoms with E-state index in [2.05, 4.69) is 15.5 Å². The summed E-state index contributed by atoms with van der Waals surface area (Å²) in [6, 6.07) is 6.99. The molecular formula is C19H12F3N3O2S. The van der Waals surface area contributed by atoms with Gasteiger partial charge in [0.05, 0.1) is 32.9 Å². The summed E-state index contributed by atoms with van der Waals surface area (Å²) >= 11 is 1.48. The minimum absolute atomic E-state index is 0.133. The lowest BCUT2D eigenvalue weighted by molar-refractivity contribution is 0.102. The quantitative estimate of drug-likeness (QED) is 0.475. The zero-order valence-electron chi connectivity index (χ0n) is 14.6. The molecule has 1 aromatic carbocycles. The van der Waals surface area contributed by atoms with E-state index in [4.69, 9.17) is 4.52 Å². The van der Waals surface area contributed by atoms with Crippen LogP contribution in [0.3, 0.4) is 0 Å². The number of nitrogens with one attached hydrogen (secondary N) is 1. The number of fused-ring (bicyclic) bond motifs is 1. The molecule has 3 heterocycles. The van der Waals surface area contributed by atoms with E-state index in [1.165, 1.54) is 17.4 Å². The summed E-state index contributed by atoms with van der Waals surface area (Å²) in [5.41, 5.74) is 0.715. The normalized spacial score (nSPS) is 11.2. The van der Waals surface area contributed by atoms with Crippen LogP contribution >= 0.6 is 11.3 Å². The van der Waals surface area contributed by atoms with Crippen LogP contribution in [0.2, 0.25) is 0 Å². The summed E-state index contributed by atoms with van der Waals surface area (Å²) < 4.78 is 45.7. The Kier molecular flexibility index (Phi) is 4.38. The zero-order valence-corrected chi connectivity index (χ0v) is 15.5. The molecule has 1 amide bonds. The highest BCUT2D eigenvalue weighted by molar-refractivity contribution is 7.15. The molecule has 0 bridgehead atoms. The van der Waals surface area contributed by atoms with Crippen molar-refractivity contribution < 1.29 is 22.5 Å². The molecule has 0 atom stereocenters. The van der Waals surface area contributed by atoms with Gasteiger partial charge >= 0.3 is 0 Å². The summed E-state index contributed by atoms with van der Waals surface area (Å²) in [7, 11) is 0. The molecule has 0 radical (unpaired) electrons. The molecule has 5 nitrogen and oxygen atoms in total. The molecule has 9 heteroatoms. The predicted octanol–water partition coefficient (Wildman–Crippen LogP) is 5.24. The van der Waals surface area contributed by atoms with Crippen LogP contribution < -0.4 is 5.32 Å². The monoisotopic (exact) mass is 403 g/mol. The van der Waals surface area contributed by atoms with Gasteiger partial charge in [0.15, 0.2) is 17.5 Å². The Morgan fingerprint density at radius 1 is 1.11 bits per heavy atom. The molecule has 0 spiro atoms. The Labute approximate surface area is 160 Å². The van der Waals surface area contributed by atoms with Crippen molar-refractivity contribution in [1.29, 1.82) is 0 Å². The third-order valence-corrected chi connectivity index (χ3v) is 5.16. The van der Waals surface area contributed by atoms with Crippen molar-refractivity contribution in [3.05, 3.63) is 63.9 Å². The molecule has 1 N–H and O–H groups in total. The van der Waals surface area contributed by atoms with Gasteiger partial charge in [-0.1, -0.05) is 5.16 Å². The van der Waals surface area contributed by atoms with E-state index in [-0.39, 0.29) is 11.3 Å². The van der Waals surface area contributed by atoms with Crippen LogP contribution in [0, 0.1) is 31.3 Å². The van der Waals surface area contributed by atoms with Crippen molar-refractivity contribution in [2.24, 2.45) is 0 Å². The maximum atomic E-state index is 13.9. The van der Waals surface area contributed by atoms with Crippen LogP contribution in [0.5, 0.6) is 0 Å². The number of carbonyl (C=O) groups is 1. The first-order valence-electron chi connectivity index (χ1n) is 8.14. The highest BCUT2D eigenvalue weighted by Gasteiger charge is 2.22. The van der Waals surface area contributed by atoms with Gasteiger partial charge in [-0.2, -0.15) is 0 Å². The predicted molar refractivity (Wildman–Crippen MR) is 98.9 cm³/mol. The number of halogens is 3. The fraction of sp³-hybridized carbons (Fsp3) is 0.105. The van der Waals surface area contributed by atoms with Crippen LogP contribution in [0.1, 0.15) is 20.9 Å². The van der Waals surface area contributed by atoms with Crippen molar-refractivity contribution >= 4 is 34.0 Å². The fourth-order valence-corrected chi connectivity index (χ4v) is 3.61. The highest BCUT2D eigenvalue weighted by Crippen LogP contribution is 2.31. The Morgan fingerprint density at radius 2 is 1.89 bits per heavy atom. The number of benzene rings is 1. The van der Waals surface area contributed by atoms with E-state index in [1.807, 2.05) is 19.1 Å². The number of aryl methyl sites for hydroxylation is 2. The SMILES string of the molecule is Cc1ccc(-c2cc(C(=O)Nc3ccc(F)c(F)c3F)c3c(C)noc3n2)s1. The van der Waals surface area contributed by atoms with Crippen LogP contribution in [-0.4, -0.2) is 16.0 Å². The molecule has 0 saturated heterocycles. The Hall–Kier alpha value is -3.20. The second-order valence-corrected chi connectivity index (χ2v) is 7.38. The van der Waals surface area contributed by atoms with Crippen LogP contribution in [0.15, 0.2) is 34.9 Å². The van der Waals surface area contributed by atoms with Gasteiger partial charge in [0.1, 0.15) is 0 Å². The highest BCUT2D eigenvalue weighted by atomic mass is 32.1. The summed E-state index contributed by atoms with van der Waals surface area (Å²) in [6.45, 7) is 3.57. The molecule has 4 aromatic rings. The number of hydrogen-bond donors (Lipinski definition) is 1. The number of amides is 1. The standard InChI is InChI=1S/C19H12F3N3O2S/c1-8-3-6-14(28-8)13-7-10(15-9(2)25-27-19(15)24-13)18(26)23-12-5-4-11(20)16(21)17(12)22/h3-7H,1-2H3,(H,23,26). The number of rotatable bonds is 3. The molecule has 0 aliphatic rings. The van der Waals surface area contributed by atoms with Crippen molar-refractivity contribution in [3.8, 4) is 10.6 Å². The molecule has 0 aliphatic carbocycles. The maximum absolute atomic E-state index is 13.9. The van der Waals surface area contributed by atoms with Crippen molar-refractivity contribution in [2.45, 2.75) is 13.8 Å². The van der Waals surface area contributed by atoms with Crippen LogP contribution in [-0.2, 0) is 0 Å². The number of nitrogens with zero attached hydrogens (tertiary/aromatic N) is 2. The number of anilines is 1. The van der Waals surface area contributed by atoms with Gasteiger partial charge < -0.3 is 9.84 Å². The molecule has 0 saturated carbocycles. The molecule has 0 unspecified atom stereocenters. The Balaban J connectivity index is 1.82. The molecule has 28 heavy (non-hydrogen) atoms. The van der Waals surface area contributed by atoms with E-state index in [1.54, 1.807) is 6.92 Å². The van der Waals surface area contributed by atoms with E-state index < -0.39 is 29.0 Å². The number of aromatic nitrogens is 2. The van der Waals surface area contributed by atoms with Gasteiger partial charge in [0, 0.05) is 4.88 Å². The van der Waals surface area contributed by atoms with Gasteiger partial charge in [0.2, 0.25) is 0 Å². The second-order valence-electron chi connectivity index (χ2n) is 6.09. The largest absolute Gasteiger partial charge is 0.335 e. The van der Waals surface area contributed by atoms with Crippen molar-refractivity contribution in [2.75, 3.05) is 5.32 Å². The first-order valence-corrected chi connectivity index (χ1v) is 8.95. The maximum Gasteiger partial charge on any atom is 0.259 e. The van der Waals surface area contributed by atoms with Gasteiger partial charge in [-0.15, -0.1) is 11.3 Å². The third-order valence-electron chi connectivity index (χ3n) is 4.14. The molecular weight excluding hydrogens is 391 g/mol. The average Bonchev–Trinajstić information content (AvgIpc) is 3.27. The number of hydrogen-bond acceptors (Lipinski definition) is 5. The summed E-state index contributed by atoms with van der Waals surface area (Å²) in [5, 5.41) is 6.46. The lowest BCUT2D eigenvalue weighted by Crippen LogP contribution is -2.15. The summed E-state index contributed by atoms with van der Waals surface area (Å²) in [4.78, 5) is 19.1. The number of pyridine rings is 1. The van der Waals surface area contributed by atoms with E-state index in [0.29, 0.717) is 16.8 Å². The van der Waals surface area contributed by atoms with E-state index in [0.717, 1.165) is 21.9 Å². The molecule has 0 fully saturated rings. The summed E-state index contributed by atoms with van der Waals surface area (Å²) in [5.74, 6) is -5.20. The van der Waals surface area contributed by atoms with Crippen LogP contribution in [0.4, 0.5) is 18.9 Å². The molecule has 4 rings (SSSR count). The van der Waals surface area contributed by atoms with E-state index in [9.17, 15) is 18.0 Å². The average molecular weight is 403 g/mol. The molecule has 142 valence electrons. The zero-order chi connectivity index (χ0) is 20.0. The van der Waals surface area contributed by atoms with Gasteiger partial charge in [0.25, 0.3) is 11.6 Å². The molecule has 3 aromatic heterocycles. The fourth-order valence-electron chi connectivity index (χ4n) is 2.78. The minimum atomic E-state index is -1.66. The first-order chi connectivity index (χ1) is 13.3. The Bertz CT molecular complexity index is 1230. The van der Waals surface area contributed by atoms with Crippen LogP contribution in [0.25, 0.3) is 21.7 Å². The minimum Gasteiger partial charge on any atom is -0.335 e. The lowest BCUT2D eigenvalue weighted by Gasteiger charge is -2.09. The molecule has 0 aliphatic heterocycles. The van der Waals surface area contributed by atoms with E-state index >= 15 is 0 Å². The third kappa shape index (κ3) is 3.03. The topological polar surface area (TPSA) is 68.0 Å². The summed E-state index contributed by atoms with van der Waals surface area (Å²) in [6.07, 6.45) is 0. The first kappa shape index (κ1) is 18.2. The second kappa shape index (κ2) is 6.75. The number of thiophene rings is 1. The smallest absolute Gasteiger partial charge is 0.259 e.